The van der Waals surface area contributed by atoms with Gasteiger partial charge in [-0.2, -0.15) is 10.1 Å². The molecule has 1 fully saturated rings. The first-order valence-electron chi connectivity index (χ1n) is 7.67. The Kier molecular flexibility index (Phi) is 3.78. The predicted octanol–water partition coefficient (Wildman–Crippen LogP) is 1.97. The summed E-state index contributed by atoms with van der Waals surface area (Å²) in [5.41, 5.74) is 1.08. The molecule has 4 rings (SSSR count). The van der Waals surface area contributed by atoms with Gasteiger partial charge in [0.15, 0.2) is 0 Å². The first-order chi connectivity index (χ1) is 11.7. The van der Waals surface area contributed by atoms with Crippen LogP contribution in [0.5, 0.6) is 0 Å². The molecule has 8 heteroatoms. The van der Waals surface area contributed by atoms with Crippen LogP contribution in [0.3, 0.4) is 0 Å². The Morgan fingerprint density at radius 3 is 2.71 bits per heavy atom. The van der Waals surface area contributed by atoms with Crippen molar-refractivity contribution in [2.75, 3.05) is 31.1 Å². The second-order valence-electron chi connectivity index (χ2n) is 5.60. The number of carbonyl (C=O) groups is 1. The molecule has 1 amide bonds. The number of hydrogen-bond acceptors (Lipinski definition) is 5. The van der Waals surface area contributed by atoms with E-state index in [1.807, 2.05) is 18.2 Å². The molecule has 2 aromatic heterocycles. The van der Waals surface area contributed by atoms with Crippen molar-refractivity contribution in [3.63, 3.8) is 0 Å². The zero-order valence-corrected chi connectivity index (χ0v) is 13.6. The molecule has 0 saturated carbocycles. The molecule has 0 spiro atoms. The number of carbonyl (C=O) groups excluding carboxylic acids is 1. The standard InChI is InChI=1S/C16H15ClN6O/c17-12-3-1-2-11-4-5-13(20-14(11)12)15(24)22-6-8-23(9-7-22)16-18-10-19-21-16/h1-5,10H,6-9H2,(H,18,19,21). The first-order valence-corrected chi connectivity index (χ1v) is 8.05. The molecule has 3 aromatic rings. The Morgan fingerprint density at radius 1 is 1.12 bits per heavy atom. The van der Waals surface area contributed by atoms with E-state index in [-0.39, 0.29) is 5.91 Å². The third kappa shape index (κ3) is 2.67. The number of aromatic nitrogens is 4. The van der Waals surface area contributed by atoms with Crippen molar-refractivity contribution in [1.29, 1.82) is 0 Å². The number of benzene rings is 1. The monoisotopic (exact) mass is 342 g/mol. The molecule has 0 radical (unpaired) electrons. The average Bonchev–Trinajstić information content (AvgIpc) is 3.16. The number of fused-ring (bicyclic) bond motifs is 1. The highest BCUT2D eigenvalue weighted by molar-refractivity contribution is 6.35. The maximum Gasteiger partial charge on any atom is 0.272 e. The smallest absolute Gasteiger partial charge is 0.272 e. The Bertz CT molecular complexity index is 873. The second-order valence-corrected chi connectivity index (χ2v) is 6.00. The number of halogens is 1. The summed E-state index contributed by atoms with van der Waals surface area (Å²) in [6.07, 6.45) is 1.48. The molecule has 0 atom stereocenters. The highest BCUT2D eigenvalue weighted by Gasteiger charge is 2.24. The zero-order valence-electron chi connectivity index (χ0n) is 12.8. The van der Waals surface area contributed by atoms with Gasteiger partial charge in [-0.15, -0.1) is 0 Å². The zero-order chi connectivity index (χ0) is 16.5. The lowest BCUT2D eigenvalue weighted by atomic mass is 10.2. The van der Waals surface area contributed by atoms with Gasteiger partial charge in [-0.1, -0.05) is 29.8 Å². The van der Waals surface area contributed by atoms with Crippen molar-refractivity contribution >= 4 is 34.4 Å². The summed E-state index contributed by atoms with van der Waals surface area (Å²) in [6.45, 7) is 2.63. The minimum absolute atomic E-state index is 0.0750. The molecule has 24 heavy (non-hydrogen) atoms. The van der Waals surface area contributed by atoms with E-state index in [9.17, 15) is 4.79 Å². The van der Waals surface area contributed by atoms with Crippen LogP contribution in [-0.2, 0) is 0 Å². The Balaban J connectivity index is 1.51. The number of nitrogens with zero attached hydrogens (tertiary/aromatic N) is 5. The van der Waals surface area contributed by atoms with Gasteiger partial charge in [0.05, 0.1) is 10.5 Å². The van der Waals surface area contributed by atoms with E-state index in [0.717, 1.165) is 11.3 Å². The number of amides is 1. The molecular weight excluding hydrogens is 328 g/mol. The lowest BCUT2D eigenvalue weighted by Gasteiger charge is -2.34. The summed E-state index contributed by atoms with van der Waals surface area (Å²) in [5.74, 6) is 0.659. The van der Waals surface area contributed by atoms with Gasteiger partial charge in [0.1, 0.15) is 12.0 Å². The maximum atomic E-state index is 12.7. The van der Waals surface area contributed by atoms with Crippen LogP contribution in [0.15, 0.2) is 36.7 Å². The molecule has 3 heterocycles. The number of H-pyrrole nitrogens is 1. The maximum absolute atomic E-state index is 12.7. The topological polar surface area (TPSA) is 78.0 Å². The molecule has 1 N–H and O–H groups in total. The highest BCUT2D eigenvalue weighted by Crippen LogP contribution is 2.22. The molecule has 7 nitrogen and oxygen atoms in total. The second kappa shape index (κ2) is 6.09. The molecule has 122 valence electrons. The van der Waals surface area contributed by atoms with Gasteiger partial charge in [-0.3, -0.25) is 4.79 Å². The Hall–Kier alpha value is -2.67. The predicted molar refractivity (Wildman–Crippen MR) is 91.3 cm³/mol. The number of para-hydroxylation sites is 1. The van der Waals surface area contributed by atoms with Crippen molar-refractivity contribution in [1.82, 2.24) is 25.1 Å². The summed E-state index contributed by atoms with van der Waals surface area (Å²) in [4.78, 5) is 25.2. The lowest BCUT2D eigenvalue weighted by Crippen LogP contribution is -2.49. The number of aromatic amines is 1. The lowest BCUT2D eigenvalue weighted by molar-refractivity contribution is 0.0741. The SMILES string of the molecule is O=C(c1ccc2cccc(Cl)c2n1)N1CCN(c2ncn[nH]2)CC1. The third-order valence-electron chi connectivity index (χ3n) is 4.16. The number of piperazine rings is 1. The highest BCUT2D eigenvalue weighted by atomic mass is 35.5. The average molecular weight is 343 g/mol. The quantitative estimate of drug-likeness (QED) is 0.770. The van der Waals surface area contributed by atoms with Crippen LogP contribution < -0.4 is 4.90 Å². The minimum atomic E-state index is -0.0750. The molecule has 0 unspecified atom stereocenters. The van der Waals surface area contributed by atoms with Crippen molar-refractivity contribution in [2.45, 2.75) is 0 Å². The molecule has 0 aliphatic carbocycles. The number of nitrogens with one attached hydrogen (secondary N) is 1. The summed E-state index contributed by atoms with van der Waals surface area (Å²) in [5, 5.41) is 8.18. The summed E-state index contributed by atoms with van der Waals surface area (Å²) >= 11 is 6.19. The van der Waals surface area contributed by atoms with Crippen LogP contribution in [0.4, 0.5) is 5.95 Å². The molecular formula is C16H15ClN6O. The number of anilines is 1. The van der Waals surface area contributed by atoms with Crippen LogP contribution in [-0.4, -0.2) is 57.2 Å². The van der Waals surface area contributed by atoms with E-state index in [2.05, 4.69) is 25.1 Å². The molecule has 1 aliphatic rings. The van der Waals surface area contributed by atoms with Gasteiger partial charge in [-0.25, -0.2) is 10.1 Å². The van der Waals surface area contributed by atoms with Gasteiger partial charge < -0.3 is 9.80 Å². The van der Waals surface area contributed by atoms with Gasteiger partial charge >= 0.3 is 0 Å². The summed E-state index contributed by atoms with van der Waals surface area (Å²) in [6, 6.07) is 9.21. The molecule has 0 bridgehead atoms. The van der Waals surface area contributed by atoms with Crippen molar-refractivity contribution < 1.29 is 4.79 Å². The van der Waals surface area contributed by atoms with E-state index in [4.69, 9.17) is 11.6 Å². The van der Waals surface area contributed by atoms with Crippen LogP contribution in [0.2, 0.25) is 5.02 Å². The molecule has 1 aromatic carbocycles. The van der Waals surface area contributed by atoms with E-state index >= 15 is 0 Å². The Morgan fingerprint density at radius 2 is 1.96 bits per heavy atom. The first kappa shape index (κ1) is 14.9. The summed E-state index contributed by atoms with van der Waals surface area (Å²) < 4.78 is 0. The fraction of sp³-hybridized carbons (Fsp3) is 0.250. The fourth-order valence-corrected chi connectivity index (χ4v) is 3.09. The fourth-order valence-electron chi connectivity index (χ4n) is 2.86. The molecule has 1 aliphatic heterocycles. The van der Waals surface area contributed by atoms with E-state index in [1.165, 1.54) is 6.33 Å². The number of pyridine rings is 1. The minimum Gasteiger partial charge on any atom is -0.338 e. The van der Waals surface area contributed by atoms with E-state index < -0.39 is 0 Å². The summed E-state index contributed by atoms with van der Waals surface area (Å²) in [7, 11) is 0. The van der Waals surface area contributed by atoms with Crippen LogP contribution >= 0.6 is 11.6 Å². The van der Waals surface area contributed by atoms with E-state index in [1.54, 1.807) is 17.0 Å². The van der Waals surface area contributed by atoms with E-state index in [0.29, 0.717) is 42.4 Å². The third-order valence-corrected chi connectivity index (χ3v) is 4.46. The Labute approximate surface area is 143 Å². The van der Waals surface area contributed by atoms with Crippen LogP contribution in [0.1, 0.15) is 10.5 Å². The van der Waals surface area contributed by atoms with Crippen molar-refractivity contribution in [2.24, 2.45) is 0 Å². The van der Waals surface area contributed by atoms with Gasteiger partial charge in [0, 0.05) is 31.6 Å². The van der Waals surface area contributed by atoms with Gasteiger partial charge in [-0.05, 0) is 12.1 Å². The van der Waals surface area contributed by atoms with Gasteiger partial charge in [0.2, 0.25) is 5.95 Å². The molecule has 1 saturated heterocycles. The van der Waals surface area contributed by atoms with Crippen molar-refractivity contribution in [3.05, 3.63) is 47.4 Å². The number of rotatable bonds is 2. The van der Waals surface area contributed by atoms with Crippen LogP contribution in [0.25, 0.3) is 10.9 Å². The number of hydrogen-bond donors (Lipinski definition) is 1. The van der Waals surface area contributed by atoms with Gasteiger partial charge in [0.25, 0.3) is 5.91 Å². The largest absolute Gasteiger partial charge is 0.338 e. The normalized spacial score (nSPS) is 15.0. The van der Waals surface area contributed by atoms with Crippen molar-refractivity contribution in [3.8, 4) is 0 Å². The van der Waals surface area contributed by atoms with Crippen LogP contribution in [0, 0.1) is 0 Å².